The third-order valence-corrected chi connectivity index (χ3v) is 7.34. The van der Waals surface area contributed by atoms with E-state index in [1.165, 1.54) is 50.6 Å². The molecule has 0 radical (unpaired) electrons. The Morgan fingerprint density at radius 1 is 1.11 bits per heavy atom. The van der Waals surface area contributed by atoms with Crippen molar-refractivity contribution >= 4 is 5.91 Å². The van der Waals surface area contributed by atoms with Crippen LogP contribution in [0.25, 0.3) is 0 Å². The zero-order chi connectivity index (χ0) is 18.9. The number of likely N-dealkylation sites (tertiary alicyclic amines) is 2. The molecule has 1 aromatic heterocycles. The van der Waals surface area contributed by atoms with Crippen LogP contribution in [0.5, 0.6) is 0 Å². The van der Waals surface area contributed by atoms with Gasteiger partial charge in [0.1, 0.15) is 0 Å². The second kappa shape index (κ2) is 7.94. The molecule has 3 heterocycles. The maximum atomic E-state index is 12.8. The first-order chi connectivity index (χ1) is 13.1. The molecule has 1 amide bonds. The highest BCUT2D eigenvalue weighted by Gasteiger charge is 2.46. The minimum atomic E-state index is 0.144. The number of rotatable bonds is 4. The Morgan fingerprint density at radius 2 is 1.93 bits per heavy atom. The van der Waals surface area contributed by atoms with Gasteiger partial charge in [-0.05, 0) is 64.0 Å². The van der Waals surface area contributed by atoms with Crippen LogP contribution in [0, 0.1) is 12.8 Å². The van der Waals surface area contributed by atoms with Gasteiger partial charge in [-0.3, -0.25) is 14.4 Å². The molecule has 0 N–H and O–H groups in total. The molecule has 150 valence electrons. The molecule has 5 heteroatoms. The van der Waals surface area contributed by atoms with Crippen molar-refractivity contribution < 1.29 is 4.79 Å². The smallest absolute Gasteiger partial charge is 0.223 e. The molecular weight excluding hydrogens is 336 g/mol. The maximum absolute atomic E-state index is 12.8. The molecule has 27 heavy (non-hydrogen) atoms. The lowest BCUT2D eigenvalue weighted by atomic mass is 9.84. The number of hydrogen-bond acceptors (Lipinski definition) is 3. The van der Waals surface area contributed by atoms with Gasteiger partial charge in [0, 0.05) is 38.6 Å². The normalized spacial score (nSPS) is 28.2. The molecule has 2 saturated heterocycles. The van der Waals surface area contributed by atoms with Crippen LogP contribution in [0.1, 0.15) is 75.6 Å². The van der Waals surface area contributed by atoms with Crippen molar-refractivity contribution in [1.82, 2.24) is 19.6 Å². The Balaban J connectivity index is 1.41. The minimum Gasteiger partial charge on any atom is -0.337 e. The molecule has 4 rings (SSSR count). The molecule has 3 fully saturated rings. The van der Waals surface area contributed by atoms with E-state index >= 15 is 0 Å². The van der Waals surface area contributed by atoms with E-state index in [2.05, 4.69) is 27.9 Å². The summed E-state index contributed by atoms with van der Waals surface area (Å²) in [4.78, 5) is 17.7. The highest BCUT2D eigenvalue weighted by Crippen LogP contribution is 2.41. The molecule has 1 aromatic rings. The first kappa shape index (κ1) is 19.0. The van der Waals surface area contributed by atoms with Crippen molar-refractivity contribution in [1.29, 1.82) is 0 Å². The van der Waals surface area contributed by atoms with Crippen molar-refractivity contribution in [3.8, 4) is 0 Å². The van der Waals surface area contributed by atoms with E-state index in [0.29, 0.717) is 5.91 Å². The van der Waals surface area contributed by atoms with Crippen LogP contribution < -0.4 is 0 Å². The SMILES string of the molecule is Cc1cc(CN2CCCC3(CCC(=O)N3CC3CCCCC3)CC2)n(C)n1. The van der Waals surface area contributed by atoms with Gasteiger partial charge in [0.05, 0.1) is 11.4 Å². The highest BCUT2D eigenvalue weighted by molar-refractivity contribution is 5.79. The number of carbonyl (C=O) groups excluding carboxylic acids is 1. The van der Waals surface area contributed by atoms with E-state index < -0.39 is 0 Å². The zero-order valence-corrected chi connectivity index (χ0v) is 17.3. The summed E-state index contributed by atoms with van der Waals surface area (Å²) in [5.41, 5.74) is 2.54. The van der Waals surface area contributed by atoms with Gasteiger partial charge >= 0.3 is 0 Å². The van der Waals surface area contributed by atoms with Crippen LogP contribution in [0.15, 0.2) is 6.07 Å². The van der Waals surface area contributed by atoms with E-state index in [9.17, 15) is 4.79 Å². The van der Waals surface area contributed by atoms with Crippen LogP contribution in [-0.4, -0.2) is 50.7 Å². The topological polar surface area (TPSA) is 41.4 Å². The van der Waals surface area contributed by atoms with Crippen molar-refractivity contribution in [2.24, 2.45) is 13.0 Å². The van der Waals surface area contributed by atoms with Crippen molar-refractivity contribution in [3.63, 3.8) is 0 Å². The summed E-state index contributed by atoms with van der Waals surface area (Å²) in [6.45, 7) is 6.30. The van der Waals surface area contributed by atoms with E-state index in [1.807, 2.05) is 11.7 Å². The van der Waals surface area contributed by atoms with Gasteiger partial charge in [-0.25, -0.2) is 0 Å². The summed E-state index contributed by atoms with van der Waals surface area (Å²) in [6, 6.07) is 2.20. The highest BCUT2D eigenvalue weighted by atomic mass is 16.2. The predicted octanol–water partition coefficient (Wildman–Crippen LogP) is 3.66. The number of amides is 1. The average Bonchev–Trinajstić information content (AvgIpc) is 3.04. The summed E-state index contributed by atoms with van der Waals surface area (Å²) in [5, 5.41) is 4.50. The van der Waals surface area contributed by atoms with Crippen molar-refractivity contribution in [3.05, 3.63) is 17.5 Å². The zero-order valence-electron chi connectivity index (χ0n) is 17.3. The second-order valence-electron chi connectivity index (χ2n) is 9.26. The Labute approximate surface area is 164 Å². The molecule has 1 unspecified atom stereocenters. The number of aryl methyl sites for hydroxylation is 2. The van der Waals surface area contributed by atoms with Gasteiger partial charge in [-0.2, -0.15) is 5.10 Å². The van der Waals surface area contributed by atoms with Crippen LogP contribution >= 0.6 is 0 Å². The van der Waals surface area contributed by atoms with Crippen LogP contribution in [-0.2, 0) is 18.4 Å². The van der Waals surface area contributed by atoms with E-state index in [-0.39, 0.29) is 5.54 Å². The summed E-state index contributed by atoms with van der Waals surface area (Å²) in [5.74, 6) is 1.17. The lowest BCUT2D eigenvalue weighted by Gasteiger charge is -2.41. The lowest BCUT2D eigenvalue weighted by molar-refractivity contribution is -0.132. The Hall–Kier alpha value is -1.36. The van der Waals surface area contributed by atoms with E-state index in [4.69, 9.17) is 0 Å². The summed E-state index contributed by atoms with van der Waals surface area (Å²) in [7, 11) is 2.04. The van der Waals surface area contributed by atoms with Crippen LogP contribution in [0.3, 0.4) is 0 Å². The molecule has 1 aliphatic carbocycles. The molecule has 5 nitrogen and oxygen atoms in total. The van der Waals surface area contributed by atoms with Crippen LogP contribution in [0.2, 0.25) is 0 Å². The quantitative estimate of drug-likeness (QED) is 0.810. The largest absolute Gasteiger partial charge is 0.337 e. The number of hydrogen-bond donors (Lipinski definition) is 0. The van der Waals surface area contributed by atoms with Crippen molar-refractivity contribution in [2.75, 3.05) is 19.6 Å². The summed E-state index contributed by atoms with van der Waals surface area (Å²) in [6.07, 6.45) is 12.1. The van der Waals surface area contributed by atoms with Gasteiger partial charge in [-0.15, -0.1) is 0 Å². The molecule has 1 spiro atoms. The third-order valence-electron chi connectivity index (χ3n) is 7.34. The number of aromatic nitrogens is 2. The van der Waals surface area contributed by atoms with Gasteiger partial charge in [-0.1, -0.05) is 19.3 Å². The fraction of sp³-hybridized carbons (Fsp3) is 0.818. The molecule has 0 bridgehead atoms. The Morgan fingerprint density at radius 3 is 2.67 bits per heavy atom. The summed E-state index contributed by atoms with van der Waals surface area (Å²) < 4.78 is 2.02. The lowest BCUT2D eigenvalue weighted by Crippen LogP contribution is -2.48. The molecule has 1 atom stereocenters. The average molecular weight is 373 g/mol. The standard InChI is InChI=1S/C22H36N4O/c1-18-15-20(24(2)23-18)17-25-13-6-10-22(12-14-25)11-9-21(27)26(22)16-19-7-4-3-5-8-19/h15,19H,3-14,16-17H2,1-2H3. The monoisotopic (exact) mass is 372 g/mol. The molecule has 3 aliphatic rings. The predicted molar refractivity (Wildman–Crippen MR) is 107 cm³/mol. The molecule has 0 aromatic carbocycles. The van der Waals surface area contributed by atoms with Gasteiger partial charge < -0.3 is 4.90 Å². The first-order valence-electron chi connectivity index (χ1n) is 11.1. The Kier molecular flexibility index (Phi) is 5.58. The number of nitrogens with zero attached hydrogens (tertiary/aromatic N) is 4. The van der Waals surface area contributed by atoms with E-state index in [0.717, 1.165) is 57.1 Å². The van der Waals surface area contributed by atoms with Gasteiger partial charge in [0.15, 0.2) is 0 Å². The molecular formula is C22H36N4O. The maximum Gasteiger partial charge on any atom is 0.223 e. The van der Waals surface area contributed by atoms with Crippen LogP contribution in [0.4, 0.5) is 0 Å². The summed E-state index contributed by atoms with van der Waals surface area (Å²) >= 11 is 0. The molecule has 1 saturated carbocycles. The molecule has 2 aliphatic heterocycles. The fourth-order valence-corrected chi connectivity index (χ4v) is 5.75. The minimum absolute atomic E-state index is 0.144. The van der Waals surface area contributed by atoms with Crippen molar-refractivity contribution in [2.45, 2.75) is 83.2 Å². The fourth-order valence-electron chi connectivity index (χ4n) is 5.75. The number of carbonyl (C=O) groups is 1. The van der Waals surface area contributed by atoms with Gasteiger partial charge in [0.25, 0.3) is 0 Å². The third kappa shape index (κ3) is 4.08. The first-order valence-corrected chi connectivity index (χ1v) is 11.1. The van der Waals surface area contributed by atoms with E-state index in [1.54, 1.807) is 0 Å². The Bertz CT molecular complexity index is 663. The van der Waals surface area contributed by atoms with Gasteiger partial charge in [0.2, 0.25) is 5.91 Å². The second-order valence-corrected chi connectivity index (χ2v) is 9.26.